The van der Waals surface area contributed by atoms with Crippen molar-refractivity contribution < 1.29 is 13.2 Å². The maximum Gasteiger partial charge on any atom is 0.416 e. The highest BCUT2D eigenvalue weighted by atomic mass is 32.2. The summed E-state index contributed by atoms with van der Waals surface area (Å²) in [4.78, 5) is 1.09. The Morgan fingerprint density at radius 2 is 1.65 bits per heavy atom. The fourth-order valence-electron chi connectivity index (χ4n) is 1.91. The minimum absolute atomic E-state index is 0.455. The zero-order valence-corrected chi connectivity index (χ0v) is 11.6. The molecule has 5 heteroatoms. The van der Waals surface area contributed by atoms with Crippen LogP contribution in [0.15, 0.2) is 53.4 Å². The van der Waals surface area contributed by atoms with E-state index in [0.29, 0.717) is 5.56 Å². The van der Waals surface area contributed by atoms with Crippen LogP contribution in [0.2, 0.25) is 0 Å². The molecule has 0 fully saturated rings. The minimum atomic E-state index is -4.35. The van der Waals surface area contributed by atoms with E-state index in [1.165, 1.54) is 6.07 Å². The molecule has 1 atom stereocenters. The van der Waals surface area contributed by atoms with Crippen molar-refractivity contribution in [3.8, 4) is 0 Å². The van der Waals surface area contributed by atoms with Crippen molar-refractivity contribution in [3.05, 3.63) is 65.2 Å². The first-order chi connectivity index (χ1) is 9.41. The third kappa shape index (κ3) is 3.35. The molecule has 0 amide bonds. The largest absolute Gasteiger partial charge is 0.416 e. The number of nitrogens with two attached hydrogens (primary N) is 1. The summed E-state index contributed by atoms with van der Waals surface area (Å²) in [5.74, 6) is 0. The summed E-state index contributed by atoms with van der Waals surface area (Å²) in [7, 11) is 0. The molecule has 0 aliphatic carbocycles. The van der Waals surface area contributed by atoms with Gasteiger partial charge in [-0.25, -0.2) is 0 Å². The zero-order valence-electron chi connectivity index (χ0n) is 10.8. The van der Waals surface area contributed by atoms with E-state index in [-0.39, 0.29) is 0 Å². The SMILES string of the molecule is CSc1ccc(C(N)c2cccc(C(F)(F)F)c2)cc1. The summed E-state index contributed by atoms with van der Waals surface area (Å²) < 4.78 is 38.1. The van der Waals surface area contributed by atoms with Crippen LogP contribution in [0, 0.1) is 0 Å². The Morgan fingerprint density at radius 3 is 2.20 bits per heavy atom. The van der Waals surface area contributed by atoms with Gasteiger partial charge in [-0.3, -0.25) is 0 Å². The van der Waals surface area contributed by atoms with E-state index in [2.05, 4.69) is 0 Å². The van der Waals surface area contributed by atoms with E-state index in [1.807, 2.05) is 30.5 Å². The van der Waals surface area contributed by atoms with Gasteiger partial charge in [-0.2, -0.15) is 13.2 Å². The molecule has 1 unspecified atom stereocenters. The molecule has 0 aromatic heterocycles. The van der Waals surface area contributed by atoms with Gasteiger partial charge in [0.05, 0.1) is 11.6 Å². The third-order valence-electron chi connectivity index (χ3n) is 3.05. The smallest absolute Gasteiger partial charge is 0.320 e. The fourth-order valence-corrected chi connectivity index (χ4v) is 2.32. The van der Waals surface area contributed by atoms with Crippen molar-refractivity contribution in [2.75, 3.05) is 6.26 Å². The fraction of sp³-hybridized carbons (Fsp3) is 0.200. The molecule has 0 spiro atoms. The number of thioether (sulfide) groups is 1. The monoisotopic (exact) mass is 297 g/mol. The summed E-state index contributed by atoms with van der Waals surface area (Å²) >= 11 is 1.60. The molecule has 0 aliphatic rings. The molecule has 20 heavy (non-hydrogen) atoms. The van der Waals surface area contributed by atoms with Gasteiger partial charge in [-0.15, -0.1) is 11.8 Å². The summed E-state index contributed by atoms with van der Waals surface area (Å²) in [6.07, 6.45) is -2.39. The second-order valence-electron chi connectivity index (χ2n) is 4.37. The predicted octanol–water partition coefficient (Wildman–Crippen LogP) is 4.48. The lowest BCUT2D eigenvalue weighted by Gasteiger charge is -2.15. The molecule has 0 saturated carbocycles. The van der Waals surface area contributed by atoms with Crippen LogP contribution in [-0.4, -0.2) is 6.26 Å². The van der Waals surface area contributed by atoms with Gasteiger partial charge in [0.1, 0.15) is 0 Å². The van der Waals surface area contributed by atoms with Gasteiger partial charge in [0, 0.05) is 4.90 Å². The molecular weight excluding hydrogens is 283 g/mol. The lowest BCUT2D eigenvalue weighted by molar-refractivity contribution is -0.137. The second-order valence-corrected chi connectivity index (χ2v) is 5.25. The van der Waals surface area contributed by atoms with Gasteiger partial charge in [0.2, 0.25) is 0 Å². The Bertz CT molecular complexity index is 578. The Kier molecular flexibility index (Phi) is 4.40. The lowest BCUT2D eigenvalue weighted by Crippen LogP contribution is -2.13. The van der Waals surface area contributed by atoms with E-state index in [9.17, 15) is 13.2 Å². The highest BCUT2D eigenvalue weighted by molar-refractivity contribution is 7.98. The van der Waals surface area contributed by atoms with Crippen LogP contribution in [0.1, 0.15) is 22.7 Å². The topological polar surface area (TPSA) is 26.0 Å². The first-order valence-corrected chi connectivity index (χ1v) is 7.21. The van der Waals surface area contributed by atoms with Gasteiger partial charge >= 0.3 is 6.18 Å². The summed E-state index contributed by atoms with van der Waals surface area (Å²) in [5, 5.41) is 0. The van der Waals surface area contributed by atoms with E-state index in [1.54, 1.807) is 17.8 Å². The summed E-state index contributed by atoms with van der Waals surface area (Å²) in [6, 6.07) is 12.1. The molecule has 0 saturated heterocycles. The molecular formula is C15H14F3NS. The van der Waals surface area contributed by atoms with E-state index >= 15 is 0 Å². The highest BCUT2D eigenvalue weighted by Crippen LogP contribution is 2.31. The molecule has 0 aliphatic heterocycles. The normalized spacial score (nSPS) is 13.2. The maximum atomic E-state index is 12.7. The molecule has 106 valence electrons. The average Bonchev–Trinajstić information content (AvgIpc) is 2.46. The van der Waals surface area contributed by atoms with Gasteiger partial charge in [0.15, 0.2) is 0 Å². The van der Waals surface area contributed by atoms with Crippen molar-refractivity contribution in [2.45, 2.75) is 17.1 Å². The first kappa shape index (κ1) is 14.9. The van der Waals surface area contributed by atoms with Crippen molar-refractivity contribution >= 4 is 11.8 Å². The Balaban J connectivity index is 2.30. The van der Waals surface area contributed by atoms with Crippen LogP contribution in [0.25, 0.3) is 0 Å². The highest BCUT2D eigenvalue weighted by Gasteiger charge is 2.30. The first-order valence-electron chi connectivity index (χ1n) is 5.98. The quantitative estimate of drug-likeness (QED) is 0.846. The summed E-state index contributed by atoms with van der Waals surface area (Å²) in [5.41, 5.74) is 6.62. The van der Waals surface area contributed by atoms with Crippen LogP contribution in [0.4, 0.5) is 13.2 Å². The van der Waals surface area contributed by atoms with Crippen LogP contribution in [0.5, 0.6) is 0 Å². The van der Waals surface area contributed by atoms with Crippen molar-refractivity contribution in [1.82, 2.24) is 0 Å². The number of benzene rings is 2. The zero-order chi connectivity index (χ0) is 14.8. The number of hydrogen-bond donors (Lipinski definition) is 1. The predicted molar refractivity (Wildman–Crippen MR) is 75.7 cm³/mol. The van der Waals surface area contributed by atoms with Crippen LogP contribution in [0.3, 0.4) is 0 Å². The van der Waals surface area contributed by atoms with Gasteiger partial charge in [0.25, 0.3) is 0 Å². The molecule has 2 aromatic carbocycles. The van der Waals surface area contributed by atoms with Crippen molar-refractivity contribution in [1.29, 1.82) is 0 Å². The number of halogens is 3. The Hall–Kier alpha value is -1.46. The van der Waals surface area contributed by atoms with Crippen LogP contribution in [-0.2, 0) is 6.18 Å². The average molecular weight is 297 g/mol. The van der Waals surface area contributed by atoms with Crippen molar-refractivity contribution in [3.63, 3.8) is 0 Å². The van der Waals surface area contributed by atoms with Gasteiger partial charge in [-0.1, -0.05) is 24.3 Å². The molecule has 2 aromatic rings. The Labute approximate surface area is 120 Å². The van der Waals surface area contributed by atoms with E-state index < -0.39 is 17.8 Å². The lowest BCUT2D eigenvalue weighted by atomic mass is 9.98. The number of alkyl halides is 3. The molecule has 0 heterocycles. The number of rotatable bonds is 3. The molecule has 2 N–H and O–H groups in total. The van der Waals surface area contributed by atoms with Crippen LogP contribution < -0.4 is 5.73 Å². The molecule has 1 nitrogen and oxygen atoms in total. The van der Waals surface area contributed by atoms with Gasteiger partial charge < -0.3 is 5.73 Å². The standard InChI is InChI=1S/C15H14F3NS/c1-20-13-7-5-10(6-8-13)14(19)11-3-2-4-12(9-11)15(16,17)18/h2-9,14H,19H2,1H3. The van der Waals surface area contributed by atoms with Gasteiger partial charge in [-0.05, 0) is 41.6 Å². The molecule has 2 rings (SSSR count). The number of hydrogen-bond acceptors (Lipinski definition) is 2. The second kappa shape index (κ2) is 5.89. The Morgan fingerprint density at radius 1 is 1.00 bits per heavy atom. The van der Waals surface area contributed by atoms with E-state index in [0.717, 1.165) is 22.6 Å². The van der Waals surface area contributed by atoms with Crippen molar-refractivity contribution in [2.24, 2.45) is 5.73 Å². The van der Waals surface area contributed by atoms with E-state index in [4.69, 9.17) is 5.73 Å². The third-order valence-corrected chi connectivity index (χ3v) is 3.79. The maximum absolute atomic E-state index is 12.7. The minimum Gasteiger partial charge on any atom is -0.320 e. The molecule has 0 radical (unpaired) electrons. The molecule has 0 bridgehead atoms. The summed E-state index contributed by atoms with van der Waals surface area (Å²) in [6.45, 7) is 0. The van der Waals surface area contributed by atoms with Crippen LogP contribution >= 0.6 is 11.8 Å².